The zero-order chi connectivity index (χ0) is 27.9. The maximum atomic E-state index is 14.0. The number of rotatable bonds is 13. The molecule has 1 aliphatic heterocycles. The molecular formula is C31H48N2O4S. The minimum atomic E-state index is -3.62. The number of hydrogen-bond acceptors (Lipinski definition) is 6. The van der Waals surface area contributed by atoms with Crippen LogP contribution in [0, 0.1) is 5.41 Å². The number of sulfone groups is 1. The summed E-state index contributed by atoms with van der Waals surface area (Å²) in [6.07, 6.45) is 4.22. The summed E-state index contributed by atoms with van der Waals surface area (Å²) in [5.74, 6) is 0.226. The van der Waals surface area contributed by atoms with Gasteiger partial charge in [0.15, 0.2) is 9.84 Å². The van der Waals surface area contributed by atoms with Crippen molar-refractivity contribution >= 4 is 15.5 Å². The van der Waals surface area contributed by atoms with Crippen LogP contribution in [0.25, 0.3) is 0 Å². The van der Waals surface area contributed by atoms with E-state index in [0.717, 1.165) is 55.8 Å². The topological polar surface area (TPSA) is 70.1 Å². The molecule has 3 rings (SSSR count). The Morgan fingerprint density at radius 1 is 0.974 bits per heavy atom. The third kappa shape index (κ3) is 6.72. The largest absolute Gasteiger partial charge is 0.478 e. The zero-order valence-electron chi connectivity index (χ0n) is 24.2. The molecule has 0 unspecified atom stereocenters. The first-order chi connectivity index (χ1) is 18.1. The molecule has 6 nitrogen and oxygen atoms in total. The monoisotopic (exact) mass is 544 g/mol. The number of nitrogens with zero attached hydrogens (tertiary/aromatic N) is 2. The van der Waals surface area contributed by atoms with Crippen molar-refractivity contribution in [1.29, 1.82) is 0 Å². The third-order valence-electron chi connectivity index (χ3n) is 8.18. The average molecular weight is 545 g/mol. The van der Waals surface area contributed by atoms with E-state index in [1.165, 1.54) is 0 Å². The predicted molar refractivity (Wildman–Crippen MR) is 157 cm³/mol. The van der Waals surface area contributed by atoms with Gasteiger partial charge < -0.3 is 14.7 Å². The van der Waals surface area contributed by atoms with Gasteiger partial charge in [0.25, 0.3) is 0 Å². The normalized spacial score (nSPS) is 20.1. The van der Waals surface area contributed by atoms with Crippen molar-refractivity contribution in [2.24, 2.45) is 5.41 Å². The van der Waals surface area contributed by atoms with Crippen LogP contribution in [0.2, 0.25) is 0 Å². The Morgan fingerprint density at radius 2 is 1.63 bits per heavy atom. The Hall–Kier alpha value is -2.09. The summed E-state index contributed by atoms with van der Waals surface area (Å²) in [5, 5.41) is 12.3. The molecule has 212 valence electrons. The number of anilines is 1. The van der Waals surface area contributed by atoms with Crippen molar-refractivity contribution in [3.05, 3.63) is 53.6 Å². The molecule has 0 aliphatic carbocycles. The number of ether oxygens (including phenoxy) is 1. The number of benzene rings is 2. The first-order valence-corrected chi connectivity index (χ1v) is 15.9. The van der Waals surface area contributed by atoms with Gasteiger partial charge >= 0.3 is 0 Å². The van der Waals surface area contributed by atoms with Gasteiger partial charge in [-0.2, -0.15) is 0 Å². The van der Waals surface area contributed by atoms with Crippen LogP contribution in [0.1, 0.15) is 83.3 Å². The molecule has 7 heteroatoms. The minimum Gasteiger partial charge on any atom is -0.478 e. The van der Waals surface area contributed by atoms with Gasteiger partial charge in [-0.05, 0) is 67.4 Å². The van der Waals surface area contributed by atoms with Crippen LogP contribution in [0.15, 0.2) is 47.4 Å². The molecule has 0 fully saturated rings. The van der Waals surface area contributed by atoms with Gasteiger partial charge in [0.1, 0.15) is 12.5 Å². The summed E-state index contributed by atoms with van der Waals surface area (Å²) in [6.45, 7) is 10.7. The van der Waals surface area contributed by atoms with E-state index in [2.05, 4.69) is 32.6 Å². The van der Waals surface area contributed by atoms with Crippen molar-refractivity contribution < 1.29 is 18.3 Å². The molecule has 1 heterocycles. The molecule has 0 saturated heterocycles. The summed E-state index contributed by atoms with van der Waals surface area (Å²) in [5.41, 5.74) is 1.77. The SMILES string of the molecule is CCCCC1(CCCC)CS(=O)(=O)c2ccc(N(C)C)cc2[C@@H](c2cccc(OCN(CC)CC)c2)[C@H]1O. The van der Waals surface area contributed by atoms with Crippen molar-refractivity contribution in [2.45, 2.75) is 83.1 Å². The van der Waals surface area contributed by atoms with Crippen LogP contribution in [0.5, 0.6) is 5.75 Å². The second kappa shape index (κ2) is 13.3. The Balaban J connectivity index is 2.21. The van der Waals surface area contributed by atoms with Gasteiger partial charge in [-0.15, -0.1) is 0 Å². The van der Waals surface area contributed by atoms with Crippen molar-refractivity contribution in [3.63, 3.8) is 0 Å². The van der Waals surface area contributed by atoms with Crippen LogP contribution < -0.4 is 9.64 Å². The number of hydrogen-bond donors (Lipinski definition) is 1. The predicted octanol–water partition coefficient (Wildman–Crippen LogP) is 6.08. The summed E-state index contributed by atoms with van der Waals surface area (Å²) in [7, 11) is 0.284. The Kier molecular flexibility index (Phi) is 10.7. The molecule has 2 aromatic carbocycles. The Morgan fingerprint density at radius 3 is 2.21 bits per heavy atom. The molecule has 0 radical (unpaired) electrons. The number of aliphatic hydroxyl groups is 1. The third-order valence-corrected chi connectivity index (χ3v) is 10.2. The fourth-order valence-corrected chi connectivity index (χ4v) is 7.95. The highest BCUT2D eigenvalue weighted by atomic mass is 32.2. The lowest BCUT2D eigenvalue weighted by atomic mass is 9.68. The van der Waals surface area contributed by atoms with Gasteiger partial charge in [-0.3, -0.25) is 4.90 Å². The van der Waals surface area contributed by atoms with E-state index in [-0.39, 0.29) is 5.75 Å². The second-order valence-electron chi connectivity index (χ2n) is 11.0. The Bertz CT molecular complexity index is 1140. The van der Waals surface area contributed by atoms with Crippen molar-refractivity contribution in [3.8, 4) is 5.75 Å². The fourth-order valence-electron chi connectivity index (χ4n) is 5.76. The van der Waals surface area contributed by atoms with E-state index in [0.29, 0.717) is 30.0 Å². The molecule has 0 amide bonds. The average Bonchev–Trinajstić information content (AvgIpc) is 2.97. The highest BCUT2D eigenvalue weighted by Crippen LogP contribution is 2.50. The smallest absolute Gasteiger partial charge is 0.179 e. The molecule has 0 bridgehead atoms. The highest BCUT2D eigenvalue weighted by Gasteiger charge is 2.49. The van der Waals surface area contributed by atoms with E-state index in [1.807, 2.05) is 55.4 Å². The van der Waals surface area contributed by atoms with Crippen LogP contribution in [0.3, 0.4) is 0 Å². The summed E-state index contributed by atoms with van der Waals surface area (Å²) in [4.78, 5) is 4.52. The molecule has 2 aromatic rings. The first kappa shape index (κ1) is 30.5. The molecule has 2 atom stereocenters. The molecule has 38 heavy (non-hydrogen) atoms. The van der Waals surface area contributed by atoms with Crippen LogP contribution in [-0.4, -0.2) is 64.2 Å². The lowest BCUT2D eigenvalue weighted by Crippen LogP contribution is -2.43. The molecule has 1 aliphatic rings. The Labute approximate surface area is 230 Å². The lowest BCUT2D eigenvalue weighted by molar-refractivity contribution is 0.0126. The number of unbranched alkanes of at least 4 members (excludes halogenated alkanes) is 2. The standard InChI is InChI=1S/C31H48N2O4S/c1-7-11-18-31(19-12-8-2)22-38(35,36)28-17-16-25(32(5)6)21-27(28)29(30(31)34)24-14-13-15-26(20-24)37-23-33(9-3)10-4/h13-17,20-21,29-30,34H,7-12,18-19,22-23H2,1-6H3/t29-,30-/m1/s1. The fraction of sp³-hybridized carbons (Fsp3) is 0.613. The lowest BCUT2D eigenvalue weighted by Gasteiger charge is -2.40. The van der Waals surface area contributed by atoms with Gasteiger partial charge in [0.2, 0.25) is 0 Å². The van der Waals surface area contributed by atoms with Crippen molar-refractivity contribution in [1.82, 2.24) is 4.90 Å². The van der Waals surface area contributed by atoms with E-state index < -0.39 is 27.3 Å². The number of aliphatic hydroxyl groups excluding tert-OH is 1. The van der Waals surface area contributed by atoms with E-state index >= 15 is 0 Å². The van der Waals surface area contributed by atoms with Crippen molar-refractivity contribution in [2.75, 3.05) is 44.6 Å². The van der Waals surface area contributed by atoms with Gasteiger partial charge in [0, 0.05) is 31.1 Å². The first-order valence-electron chi connectivity index (χ1n) is 14.3. The molecule has 0 aromatic heterocycles. The van der Waals surface area contributed by atoms with E-state index in [1.54, 1.807) is 6.07 Å². The zero-order valence-corrected chi connectivity index (χ0v) is 25.1. The maximum absolute atomic E-state index is 14.0. The van der Waals surface area contributed by atoms with Crippen LogP contribution in [0.4, 0.5) is 5.69 Å². The maximum Gasteiger partial charge on any atom is 0.179 e. The second-order valence-corrected chi connectivity index (χ2v) is 13.0. The molecule has 0 saturated carbocycles. The van der Waals surface area contributed by atoms with E-state index in [9.17, 15) is 13.5 Å². The summed E-state index contributed by atoms with van der Waals surface area (Å²) < 4.78 is 34.1. The molecular weight excluding hydrogens is 496 g/mol. The molecule has 0 spiro atoms. The molecule has 1 N–H and O–H groups in total. The number of fused-ring (bicyclic) bond motifs is 1. The van der Waals surface area contributed by atoms with Gasteiger partial charge in [-0.1, -0.05) is 65.5 Å². The minimum absolute atomic E-state index is 0.0237. The quantitative estimate of drug-likeness (QED) is 0.308. The summed E-state index contributed by atoms with van der Waals surface area (Å²) in [6, 6.07) is 13.5. The van der Waals surface area contributed by atoms with Crippen LogP contribution in [-0.2, 0) is 9.84 Å². The van der Waals surface area contributed by atoms with E-state index in [4.69, 9.17) is 4.74 Å². The van der Waals surface area contributed by atoms with Gasteiger partial charge in [0.05, 0.1) is 16.8 Å². The highest BCUT2D eigenvalue weighted by molar-refractivity contribution is 7.91. The summed E-state index contributed by atoms with van der Waals surface area (Å²) >= 11 is 0. The van der Waals surface area contributed by atoms with Crippen LogP contribution >= 0.6 is 0 Å². The van der Waals surface area contributed by atoms with Gasteiger partial charge in [-0.25, -0.2) is 8.42 Å².